The Morgan fingerprint density at radius 2 is 1.47 bits per heavy atom. The van der Waals surface area contributed by atoms with E-state index < -0.39 is 12.0 Å². The lowest BCUT2D eigenvalue weighted by Gasteiger charge is -2.28. The van der Waals surface area contributed by atoms with Crippen molar-refractivity contribution < 1.29 is 19.1 Å². The van der Waals surface area contributed by atoms with Crippen LogP contribution in [0.2, 0.25) is 0 Å². The van der Waals surface area contributed by atoms with Crippen LogP contribution in [-0.4, -0.2) is 39.5 Å². The Morgan fingerprint density at radius 1 is 0.938 bits per heavy atom. The minimum Gasteiger partial charge on any atom is -0.453 e. The summed E-state index contributed by atoms with van der Waals surface area (Å²) in [7, 11) is 0. The molecule has 32 heavy (non-hydrogen) atoms. The molecular formula is C25H32N4O3. The number of benzene rings is 2. The van der Waals surface area contributed by atoms with Crippen LogP contribution in [-0.2, 0) is 16.1 Å². The molecule has 2 aromatic carbocycles. The molecule has 2 aromatic rings. The number of nitrogens with one attached hydrogen (secondary N) is 1. The number of hydrogen-bond donors (Lipinski definition) is 1. The lowest BCUT2D eigenvalue weighted by atomic mass is 9.96. The van der Waals surface area contributed by atoms with Crippen LogP contribution >= 0.6 is 0 Å². The molecule has 1 amide bonds. The van der Waals surface area contributed by atoms with Crippen molar-refractivity contribution in [2.75, 3.05) is 0 Å². The summed E-state index contributed by atoms with van der Waals surface area (Å²) in [6, 6.07) is 17.5. The van der Waals surface area contributed by atoms with Crippen LogP contribution in [0.15, 0.2) is 60.7 Å². The summed E-state index contributed by atoms with van der Waals surface area (Å²) in [5, 5.41) is 1.57. The summed E-state index contributed by atoms with van der Waals surface area (Å²) in [4.78, 5) is 29.0. The van der Waals surface area contributed by atoms with Gasteiger partial charge in [0, 0.05) is 12.1 Å². The second kappa shape index (κ2) is 11.9. The molecule has 7 heteroatoms. The third-order valence-corrected chi connectivity index (χ3v) is 5.21. The normalized spacial score (nSPS) is 12.0. The van der Waals surface area contributed by atoms with Crippen molar-refractivity contribution >= 4 is 17.6 Å². The van der Waals surface area contributed by atoms with Gasteiger partial charge in [-0.1, -0.05) is 76.2 Å². The van der Waals surface area contributed by atoms with Crippen molar-refractivity contribution in [2.24, 2.45) is 11.8 Å². The van der Waals surface area contributed by atoms with Crippen LogP contribution in [0.1, 0.15) is 50.5 Å². The molecule has 0 aromatic heterocycles. The molecule has 2 rings (SSSR count). The number of esters is 1. The van der Waals surface area contributed by atoms with E-state index in [1.54, 1.807) is 36.2 Å². The zero-order valence-corrected chi connectivity index (χ0v) is 19.4. The summed E-state index contributed by atoms with van der Waals surface area (Å²) >= 11 is 0. The highest BCUT2D eigenvalue weighted by Gasteiger charge is 2.37. The van der Waals surface area contributed by atoms with Gasteiger partial charge < -0.3 is 10.3 Å². The van der Waals surface area contributed by atoms with E-state index >= 15 is 0 Å². The Hall–Kier alpha value is -3.28. The van der Waals surface area contributed by atoms with Gasteiger partial charge in [0.1, 0.15) is 12.1 Å². The standard InChI is InChI=1S/C25H32N4O3/c1-17(2)23(18(3)4)32-25(31)22(27-26)19(5)29(16-20-12-8-6-9-13-20)28-24(30)21-14-10-7-11-15-21/h6-15,17-19,23H,16H2,1-5H3,(H,28,30)/t19-/m1/s1. The molecule has 0 bridgehead atoms. The summed E-state index contributed by atoms with van der Waals surface area (Å²) in [6.07, 6.45) is -0.326. The first-order valence-electron chi connectivity index (χ1n) is 10.8. The van der Waals surface area contributed by atoms with Gasteiger partial charge in [0.05, 0.1) is 0 Å². The number of hydrogen-bond acceptors (Lipinski definition) is 4. The number of ether oxygens (including phenoxy) is 1. The smallest absolute Gasteiger partial charge is 0.419 e. The van der Waals surface area contributed by atoms with Crippen LogP contribution in [0.5, 0.6) is 0 Å². The van der Waals surface area contributed by atoms with Crippen LogP contribution < -0.4 is 5.43 Å². The fourth-order valence-corrected chi connectivity index (χ4v) is 3.51. The lowest BCUT2D eigenvalue weighted by Crippen LogP contribution is -2.52. The van der Waals surface area contributed by atoms with Gasteiger partial charge in [0.15, 0.2) is 0 Å². The molecule has 7 nitrogen and oxygen atoms in total. The molecule has 1 atom stereocenters. The third-order valence-electron chi connectivity index (χ3n) is 5.21. The first-order chi connectivity index (χ1) is 15.2. The van der Waals surface area contributed by atoms with E-state index in [2.05, 4.69) is 10.2 Å². The SMILES string of the molecule is CC(C)C(OC(=O)C(=[N+]=[N-])[C@@H](C)N(Cc1ccccc1)NC(=O)c1ccccc1)C(C)C. The van der Waals surface area contributed by atoms with E-state index in [0.29, 0.717) is 12.1 Å². The lowest BCUT2D eigenvalue weighted by molar-refractivity contribution is -0.151. The van der Waals surface area contributed by atoms with E-state index in [-0.39, 0.29) is 29.6 Å². The van der Waals surface area contributed by atoms with Gasteiger partial charge in [-0.2, -0.15) is 4.79 Å². The van der Waals surface area contributed by atoms with Crippen molar-refractivity contribution in [3.63, 3.8) is 0 Å². The van der Waals surface area contributed by atoms with E-state index in [1.165, 1.54) is 0 Å². The van der Waals surface area contributed by atoms with E-state index in [1.807, 2.05) is 64.1 Å². The average Bonchev–Trinajstić information content (AvgIpc) is 2.78. The first kappa shape index (κ1) is 25.0. The second-order valence-corrected chi connectivity index (χ2v) is 8.44. The highest BCUT2D eigenvalue weighted by molar-refractivity contribution is 6.35. The minimum atomic E-state index is -0.750. The van der Waals surface area contributed by atoms with Gasteiger partial charge >= 0.3 is 11.7 Å². The van der Waals surface area contributed by atoms with Gasteiger partial charge in [-0.05, 0) is 36.5 Å². The molecule has 0 aliphatic rings. The third kappa shape index (κ3) is 6.87. The van der Waals surface area contributed by atoms with Crippen molar-refractivity contribution in [3.05, 3.63) is 77.3 Å². The molecule has 0 aliphatic carbocycles. The molecule has 0 fully saturated rings. The number of hydrazine groups is 1. The second-order valence-electron chi connectivity index (χ2n) is 8.44. The quantitative estimate of drug-likeness (QED) is 0.199. The largest absolute Gasteiger partial charge is 0.453 e. The Labute approximate surface area is 190 Å². The molecule has 0 saturated carbocycles. The Morgan fingerprint density at radius 3 is 1.97 bits per heavy atom. The summed E-state index contributed by atoms with van der Waals surface area (Å²) in [5.41, 5.74) is 13.7. The summed E-state index contributed by atoms with van der Waals surface area (Å²) in [5.74, 6) is -0.833. The average molecular weight is 437 g/mol. The van der Waals surface area contributed by atoms with Gasteiger partial charge in [0.25, 0.3) is 5.91 Å². The van der Waals surface area contributed by atoms with Crippen LogP contribution in [0.25, 0.3) is 5.53 Å². The first-order valence-corrected chi connectivity index (χ1v) is 10.8. The predicted molar refractivity (Wildman–Crippen MR) is 124 cm³/mol. The zero-order valence-electron chi connectivity index (χ0n) is 19.4. The molecule has 0 heterocycles. The van der Waals surface area contributed by atoms with Gasteiger partial charge in [-0.25, -0.2) is 9.80 Å². The number of carbonyl (C=O) groups excluding carboxylic acids is 2. The molecule has 0 radical (unpaired) electrons. The maximum absolute atomic E-state index is 12.9. The molecular weight excluding hydrogens is 404 g/mol. The Balaban J connectivity index is 2.28. The van der Waals surface area contributed by atoms with Crippen molar-refractivity contribution in [3.8, 4) is 0 Å². The minimum absolute atomic E-state index is 0.104. The molecule has 0 spiro atoms. The monoisotopic (exact) mass is 436 g/mol. The zero-order chi connectivity index (χ0) is 23.7. The Bertz CT molecular complexity index is 930. The van der Waals surface area contributed by atoms with Crippen LogP contribution in [0.4, 0.5) is 0 Å². The van der Waals surface area contributed by atoms with Crippen LogP contribution in [0.3, 0.4) is 0 Å². The fraction of sp³-hybridized carbons (Fsp3) is 0.400. The van der Waals surface area contributed by atoms with E-state index in [4.69, 9.17) is 4.74 Å². The molecule has 1 N–H and O–H groups in total. The summed E-state index contributed by atoms with van der Waals surface area (Å²) < 4.78 is 5.67. The van der Waals surface area contributed by atoms with Gasteiger partial charge in [-0.3, -0.25) is 10.2 Å². The maximum Gasteiger partial charge on any atom is 0.419 e. The Kier molecular flexibility index (Phi) is 9.32. The van der Waals surface area contributed by atoms with Gasteiger partial charge in [-0.15, -0.1) is 0 Å². The van der Waals surface area contributed by atoms with Crippen molar-refractivity contribution in [2.45, 2.75) is 53.3 Å². The molecule has 0 unspecified atom stereocenters. The molecule has 0 saturated heterocycles. The van der Waals surface area contributed by atoms with Crippen molar-refractivity contribution in [1.29, 1.82) is 0 Å². The predicted octanol–water partition coefficient (Wildman–Crippen LogP) is 4.12. The fourth-order valence-electron chi connectivity index (χ4n) is 3.51. The number of amides is 1. The molecule has 170 valence electrons. The van der Waals surface area contributed by atoms with Crippen molar-refractivity contribution in [1.82, 2.24) is 10.4 Å². The van der Waals surface area contributed by atoms with Gasteiger partial charge in [0.2, 0.25) is 0 Å². The maximum atomic E-state index is 12.9. The van der Waals surface area contributed by atoms with E-state index in [9.17, 15) is 15.1 Å². The number of carbonyl (C=O) groups is 2. The highest BCUT2D eigenvalue weighted by atomic mass is 16.5. The van der Waals surface area contributed by atoms with Crippen LogP contribution in [0, 0.1) is 11.8 Å². The molecule has 0 aliphatic heterocycles. The number of rotatable bonds is 10. The highest BCUT2D eigenvalue weighted by Crippen LogP contribution is 2.17. The summed E-state index contributed by atoms with van der Waals surface area (Å²) in [6.45, 7) is 9.87. The van der Waals surface area contributed by atoms with E-state index in [0.717, 1.165) is 5.56 Å². The topological polar surface area (TPSA) is 95.0 Å². The number of nitrogens with zero attached hydrogens (tertiary/aromatic N) is 3.